The van der Waals surface area contributed by atoms with Crippen LogP contribution in [0.1, 0.15) is 58.3 Å². The first-order chi connectivity index (χ1) is 13.4. The van der Waals surface area contributed by atoms with E-state index in [4.69, 9.17) is 5.73 Å². The van der Waals surface area contributed by atoms with Crippen LogP contribution in [-0.2, 0) is 9.59 Å². The van der Waals surface area contributed by atoms with E-state index in [1.165, 1.54) is 19.3 Å². The van der Waals surface area contributed by atoms with Crippen molar-refractivity contribution in [3.63, 3.8) is 0 Å². The Labute approximate surface area is 168 Å². The topological polar surface area (TPSA) is 87.5 Å². The van der Waals surface area contributed by atoms with Gasteiger partial charge in [-0.25, -0.2) is 0 Å². The van der Waals surface area contributed by atoms with E-state index in [0.29, 0.717) is 6.42 Å². The first-order valence-electron chi connectivity index (χ1n) is 10.7. The molecular weight excluding hydrogens is 352 g/mol. The fourth-order valence-electron chi connectivity index (χ4n) is 4.32. The van der Waals surface area contributed by atoms with Crippen LogP contribution in [0.4, 0.5) is 11.4 Å². The van der Waals surface area contributed by atoms with Gasteiger partial charge in [-0.15, -0.1) is 0 Å². The molecule has 1 aromatic carbocycles. The van der Waals surface area contributed by atoms with Crippen LogP contribution in [0.3, 0.4) is 0 Å². The van der Waals surface area contributed by atoms with Crippen molar-refractivity contribution in [2.24, 2.45) is 11.7 Å². The highest BCUT2D eigenvalue weighted by Crippen LogP contribution is 2.32. The second kappa shape index (κ2) is 9.52. The summed E-state index contributed by atoms with van der Waals surface area (Å²) in [4.78, 5) is 27.1. The molecule has 0 spiro atoms. The molecule has 1 saturated heterocycles. The van der Waals surface area contributed by atoms with Crippen molar-refractivity contribution in [1.82, 2.24) is 4.90 Å². The van der Waals surface area contributed by atoms with Crippen LogP contribution in [0.15, 0.2) is 24.3 Å². The molecule has 0 aromatic heterocycles. The van der Waals surface area contributed by atoms with Crippen molar-refractivity contribution < 1.29 is 9.59 Å². The minimum Gasteiger partial charge on any atom is -0.326 e. The summed E-state index contributed by atoms with van der Waals surface area (Å²) < 4.78 is 0. The van der Waals surface area contributed by atoms with E-state index in [1.807, 2.05) is 31.2 Å². The number of nitrogens with zero attached hydrogens (tertiary/aromatic N) is 1. The molecule has 6 heteroatoms. The molecule has 1 saturated carbocycles. The van der Waals surface area contributed by atoms with Gasteiger partial charge in [-0.3, -0.25) is 9.59 Å². The van der Waals surface area contributed by atoms with Gasteiger partial charge >= 0.3 is 0 Å². The lowest BCUT2D eigenvalue weighted by Gasteiger charge is -2.37. The third kappa shape index (κ3) is 5.79. The van der Waals surface area contributed by atoms with E-state index in [0.717, 1.165) is 56.7 Å². The monoisotopic (exact) mass is 386 g/mol. The third-order valence-corrected chi connectivity index (χ3v) is 6.11. The molecule has 154 valence electrons. The Balaban J connectivity index is 1.46. The van der Waals surface area contributed by atoms with Gasteiger partial charge in [0.2, 0.25) is 11.8 Å². The Hall–Kier alpha value is -1.92. The van der Waals surface area contributed by atoms with Crippen LogP contribution >= 0.6 is 0 Å². The van der Waals surface area contributed by atoms with Crippen molar-refractivity contribution in [2.75, 3.05) is 30.3 Å². The standard InChI is InChI=1S/C22H34N4O2/c1-22(23)13-4-3-7-19(22)21(28)25-18-10-8-17(9-11-18)24-20(27)12-16-26-14-5-2-6-15-26/h8-11,19H,2-7,12-16,23H2,1H3,(H,24,27)(H,25,28). The average Bonchev–Trinajstić information content (AvgIpc) is 2.68. The van der Waals surface area contributed by atoms with E-state index in [2.05, 4.69) is 15.5 Å². The van der Waals surface area contributed by atoms with Crippen molar-refractivity contribution in [3.05, 3.63) is 24.3 Å². The Kier molecular flexibility index (Phi) is 7.08. The summed E-state index contributed by atoms with van der Waals surface area (Å²) in [5.74, 6) is -0.137. The number of benzene rings is 1. The van der Waals surface area contributed by atoms with Gasteiger partial charge in [0, 0.05) is 29.9 Å². The highest BCUT2D eigenvalue weighted by molar-refractivity contribution is 5.94. The van der Waals surface area contributed by atoms with Gasteiger partial charge in [0.1, 0.15) is 0 Å². The Bertz CT molecular complexity index is 666. The van der Waals surface area contributed by atoms with E-state index >= 15 is 0 Å². The predicted octanol–water partition coefficient (Wildman–Crippen LogP) is 3.35. The van der Waals surface area contributed by atoms with Crippen molar-refractivity contribution in [1.29, 1.82) is 0 Å². The molecule has 2 fully saturated rings. The molecular formula is C22H34N4O2. The lowest BCUT2D eigenvalue weighted by atomic mass is 9.74. The van der Waals surface area contributed by atoms with Gasteiger partial charge in [-0.2, -0.15) is 0 Å². The van der Waals surface area contributed by atoms with Crippen LogP contribution in [0.2, 0.25) is 0 Å². The molecule has 0 bridgehead atoms. The van der Waals surface area contributed by atoms with E-state index in [1.54, 1.807) is 0 Å². The van der Waals surface area contributed by atoms with Gasteiger partial charge in [-0.05, 0) is 70.0 Å². The molecule has 2 aliphatic rings. The van der Waals surface area contributed by atoms with Gasteiger partial charge in [0.05, 0.1) is 5.92 Å². The van der Waals surface area contributed by atoms with Crippen LogP contribution in [-0.4, -0.2) is 41.9 Å². The average molecular weight is 387 g/mol. The lowest BCUT2D eigenvalue weighted by molar-refractivity contribution is -0.122. The lowest BCUT2D eigenvalue weighted by Crippen LogP contribution is -2.51. The molecule has 1 aromatic rings. The highest BCUT2D eigenvalue weighted by Gasteiger charge is 2.37. The van der Waals surface area contributed by atoms with E-state index in [9.17, 15) is 9.59 Å². The fourth-order valence-corrected chi connectivity index (χ4v) is 4.32. The maximum absolute atomic E-state index is 12.6. The van der Waals surface area contributed by atoms with Crippen molar-refractivity contribution >= 4 is 23.2 Å². The van der Waals surface area contributed by atoms with E-state index in [-0.39, 0.29) is 17.7 Å². The largest absolute Gasteiger partial charge is 0.326 e. The first kappa shape index (κ1) is 20.8. The van der Waals surface area contributed by atoms with Crippen molar-refractivity contribution in [2.45, 2.75) is 63.8 Å². The minimum absolute atomic E-state index is 0.0111. The number of hydrogen-bond acceptors (Lipinski definition) is 4. The zero-order valence-corrected chi connectivity index (χ0v) is 17.0. The summed E-state index contributed by atoms with van der Waals surface area (Å²) in [7, 11) is 0. The number of anilines is 2. The zero-order valence-electron chi connectivity index (χ0n) is 17.0. The Morgan fingerprint density at radius 2 is 1.68 bits per heavy atom. The van der Waals surface area contributed by atoms with E-state index < -0.39 is 5.54 Å². The summed E-state index contributed by atoms with van der Waals surface area (Å²) in [5.41, 5.74) is 7.37. The molecule has 6 nitrogen and oxygen atoms in total. The summed E-state index contributed by atoms with van der Waals surface area (Å²) in [6.07, 6.45) is 8.14. The number of hydrogen-bond donors (Lipinski definition) is 3. The molecule has 2 atom stereocenters. The molecule has 1 aliphatic carbocycles. The predicted molar refractivity (Wildman–Crippen MR) is 113 cm³/mol. The normalized spacial score (nSPS) is 25.9. The number of amides is 2. The zero-order chi connectivity index (χ0) is 20.0. The molecule has 28 heavy (non-hydrogen) atoms. The number of carbonyl (C=O) groups excluding carboxylic acids is 2. The summed E-state index contributed by atoms with van der Waals surface area (Å²) in [5, 5.41) is 5.92. The minimum atomic E-state index is -0.440. The quantitative estimate of drug-likeness (QED) is 0.700. The molecule has 0 radical (unpaired) electrons. The summed E-state index contributed by atoms with van der Waals surface area (Å²) in [6.45, 7) is 4.99. The van der Waals surface area contributed by atoms with Crippen LogP contribution < -0.4 is 16.4 Å². The molecule has 3 rings (SSSR count). The van der Waals surface area contributed by atoms with Crippen molar-refractivity contribution in [3.8, 4) is 0 Å². The van der Waals surface area contributed by atoms with Gasteiger partial charge in [-0.1, -0.05) is 19.3 Å². The van der Waals surface area contributed by atoms with Gasteiger partial charge < -0.3 is 21.3 Å². The van der Waals surface area contributed by atoms with Gasteiger partial charge in [0.15, 0.2) is 0 Å². The number of carbonyl (C=O) groups is 2. The highest BCUT2D eigenvalue weighted by atomic mass is 16.2. The molecule has 2 amide bonds. The van der Waals surface area contributed by atoms with Crippen LogP contribution in [0.5, 0.6) is 0 Å². The first-order valence-corrected chi connectivity index (χ1v) is 10.7. The Morgan fingerprint density at radius 3 is 2.32 bits per heavy atom. The second-order valence-corrected chi connectivity index (χ2v) is 8.57. The summed E-state index contributed by atoms with van der Waals surface area (Å²) >= 11 is 0. The number of piperidine rings is 1. The van der Waals surface area contributed by atoms with Gasteiger partial charge in [0.25, 0.3) is 0 Å². The fraction of sp³-hybridized carbons (Fsp3) is 0.636. The SMILES string of the molecule is CC1(N)CCCCC1C(=O)Nc1ccc(NC(=O)CCN2CCCCC2)cc1. The van der Waals surface area contributed by atoms with Crippen LogP contribution in [0, 0.1) is 5.92 Å². The summed E-state index contributed by atoms with van der Waals surface area (Å²) in [6, 6.07) is 7.32. The van der Waals surface area contributed by atoms with Crippen LogP contribution in [0.25, 0.3) is 0 Å². The molecule has 1 heterocycles. The number of nitrogens with two attached hydrogens (primary N) is 1. The maximum Gasteiger partial charge on any atom is 0.229 e. The molecule has 1 aliphatic heterocycles. The maximum atomic E-state index is 12.6. The molecule has 4 N–H and O–H groups in total. The number of likely N-dealkylation sites (tertiary alicyclic amines) is 1. The Morgan fingerprint density at radius 1 is 1.04 bits per heavy atom. The second-order valence-electron chi connectivity index (χ2n) is 8.57. The number of rotatable bonds is 6. The smallest absolute Gasteiger partial charge is 0.229 e. The number of nitrogens with one attached hydrogen (secondary N) is 2. The third-order valence-electron chi connectivity index (χ3n) is 6.11. The molecule has 2 unspecified atom stereocenters.